The second-order valence-corrected chi connectivity index (χ2v) is 5.70. The van der Waals surface area contributed by atoms with Crippen LogP contribution >= 0.6 is 11.8 Å². The van der Waals surface area contributed by atoms with E-state index in [4.69, 9.17) is 0 Å². The molecule has 1 amide bonds. The monoisotopic (exact) mass is 296 g/mol. The fourth-order valence-corrected chi connectivity index (χ4v) is 3.14. The molecule has 2 aromatic rings. The van der Waals surface area contributed by atoms with Crippen LogP contribution in [0.2, 0.25) is 0 Å². The molecule has 1 fully saturated rings. The van der Waals surface area contributed by atoms with Gasteiger partial charge in [-0.05, 0) is 24.1 Å². The molecule has 0 aliphatic carbocycles. The Morgan fingerprint density at radius 2 is 1.67 bits per heavy atom. The molecule has 2 aromatic carbocycles. The number of thioether (sulfide) groups is 1. The number of amides is 1. The van der Waals surface area contributed by atoms with Gasteiger partial charge in [-0.2, -0.15) is 0 Å². The van der Waals surface area contributed by atoms with Crippen LogP contribution in [0.4, 0.5) is 5.69 Å². The minimum absolute atomic E-state index is 0.102. The highest BCUT2D eigenvalue weighted by atomic mass is 32.2. The molecule has 0 N–H and O–H groups in total. The van der Waals surface area contributed by atoms with Crippen molar-refractivity contribution in [3.63, 3.8) is 0 Å². The lowest BCUT2D eigenvalue weighted by Gasteiger charge is -2.15. The predicted molar refractivity (Wildman–Crippen MR) is 88.8 cm³/mol. The average molecular weight is 296 g/mol. The molecule has 4 heteroatoms. The molecule has 3 rings (SSSR count). The molecule has 1 heterocycles. The first-order chi connectivity index (χ1) is 10.3. The van der Waals surface area contributed by atoms with Crippen molar-refractivity contribution in [2.24, 2.45) is 4.99 Å². The summed E-state index contributed by atoms with van der Waals surface area (Å²) >= 11 is 1.51. The van der Waals surface area contributed by atoms with Crippen molar-refractivity contribution in [3.8, 4) is 0 Å². The summed E-state index contributed by atoms with van der Waals surface area (Å²) in [5, 5.41) is 0.808. The molecule has 0 atom stereocenters. The molecule has 0 radical (unpaired) electrons. The maximum atomic E-state index is 12.0. The zero-order valence-corrected chi connectivity index (χ0v) is 12.4. The van der Waals surface area contributed by atoms with Crippen LogP contribution in [0.5, 0.6) is 0 Å². The van der Waals surface area contributed by atoms with Crippen molar-refractivity contribution in [3.05, 3.63) is 66.2 Å². The van der Waals surface area contributed by atoms with E-state index in [0.29, 0.717) is 12.3 Å². The topological polar surface area (TPSA) is 32.7 Å². The zero-order valence-electron chi connectivity index (χ0n) is 11.6. The number of anilines is 1. The Hall–Kier alpha value is -2.07. The van der Waals surface area contributed by atoms with Crippen molar-refractivity contribution < 1.29 is 4.79 Å². The van der Waals surface area contributed by atoms with Gasteiger partial charge in [-0.25, -0.2) is 0 Å². The average Bonchev–Trinajstić information content (AvgIpc) is 2.90. The second-order valence-electron chi connectivity index (χ2n) is 4.75. The first kappa shape index (κ1) is 13.9. The molecule has 0 spiro atoms. The molecule has 0 unspecified atom stereocenters. The highest BCUT2D eigenvalue weighted by molar-refractivity contribution is 8.15. The fraction of sp³-hybridized carbons (Fsp3) is 0.176. The van der Waals surface area contributed by atoms with Gasteiger partial charge in [0.2, 0.25) is 5.91 Å². The number of rotatable bonds is 4. The van der Waals surface area contributed by atoms with Crippen molar-refractivity contribution in [1.29, 1.82) is 0 Å². The van der Waals surface area contributed by atoms with Gasteiger partial charge in [0, 0.05) is 6.54 Å². The van der Waals surface area contributed by atoms with E-state index in [2.05, 4.69) is 17.1 Å². The van der Waals surface area contributed by atoms with Crippen LogP contribution in [0, 0.1) is 0 Å². The van der Waals surface area contributed by atoms with E-state index in [1.165, 1.54) is 17.3 Å². The lowest BCUT2D eigenvalue weighted by molar-refractivity contribution is -0.115. The zero-order chi connectivity index (χ0) is 14.5. The maximum absolute atomic E-state index is 12.0. The second kappa shape index (κ2) is 6.59. The van der Waals surface area contributed by atoms with E-state index < -0.39 is 0 Å². The summed E-state index contributed by atoms with van der Waals surface area (Å²) in [6.07, 6.45) is 0.891. The largest absolute Gasteiger partial charge is 0.273 e. The van der Waals surface area contributed by atoms with Crippen LogP contribution in [-0.4, -0.2) is 23.4 Å². The van der Waals surface area contributed by atoms with Crippen LogP contribution in [0.1, 0.15) is 5.56 Å². The Bertz CT molecular complexity index is 640. The van der Waals surface area contributed by atoms with Crippen LogP contribution in [0.25, 0.3) is 0 Å². The Morgan fingerprint density at radius 3 is 2.38 bits per heavy atom. The molecular formula is C17H16N2OS. The first-order valence-corrected chi connectivity index (χ1v) is 7.92. The maximum Gasteiger partial charge on any atom is 0.243 e. The van der Waals surface area contributed by atoms with Gasteiger partial charge in [-0.15, -0.1) is 0 Å². The Morgan fingerprint density at radius 1 is 1.00 bits per heavy atom. The summed E-state index contributed by atoms with van der Waals surface area (Å²) in [4.78, 5) is 18.4. The lowest BCUT2D eigenvalue weighted by atomic mass is 10.2. The third-order valence-corrected chi connectivity index (χ3v) is 4.23. The van der Waals surface area contributed by atoms with Crippen molar-refractivity contribution in [1.82, 2.24) is 0 Å². The van der Waals surface area contributed by atoms with Crippen LogP contribution < -0.4 is 4.90 Å². The molecule has 0 aromatic heterocycles. The number of aliphatic imine (C=N–C) groups is 1. The van der Waals surface area contributed by atoms with Gasteiger partial charge in [0.15, 0.2) is 5.17 Å². The first-order valence-electron chi connectivity index (χ1n) is 6.94. The van der Waals surface area contributed by atoms with E-state index in [-0.39, 0.29) is 5.91 Å². The number of carbonyl (C=O) groups is 1. The summed E-state index contributed by atoms with van der Waals surface area (Å²) in [5.41, 5.74) is 2.16. The predicted octanol–water partition coefficient (Wildman–Crippen LogP) is 3.37. The smallest absolute Gasteiger partial charge is 0.243 e. The molecule has 21 heavy (non-hydrogen) atoms. The van der Waals surface area contributed by atoms with Gasteiger partial charge in [-0.1, -0.05) is 60.3 Å². The Kier molecular flexibility index (Phi) is 4.36. The molecule has 1 aliphatic heterocycles. The minimum atomic E-state index is 0.102. The van der Waals surface area contributed by atoms with Gasteiger partial charge < -0.3 is 0 Å². The molecule has 0 bridgehead atoms. The van der Waals surface area contributed by atoms with Crippen LogP contribution in [-0.2, 0) is 11.2 Å². The molecule has 0 saturated carbocycles. The highest BCUT2D eigenvalue weighted by Gasteiger charge is 2.29. The summed E-state index contributed by atoms with van der Waals surface area (Å²) < 4.78 is 0. The third-order valence-electron chi connectivity index (χ3n) is 3.27. The van der Waals surface area contributed by atoms with E-state index in [9.17, 15) is 4.79 Å². The molecular weight excluding hydrogens is 280 g/mol. The van der Waals surface area contributed by atoms with Crippen molar-refractivity contribution >= 4 is 28.5 Å². The van der Waals surface area contributed by atoms with Gasteiger partial charge in [0.1, 0.15) is 0 Å². The normalized spacial score (nSPS) is 16.7. The van der Waals surface area contributed by atoms with Crippen molar-refractivity contribution in [2.45, 2.75) is 6.42 Å². The van der Waals surface area contributed by atoms with Crippen LogP contribution in [0.15, 0.2) is 65.7 Å². The highest BCUT2D eigenvalue weighted by Crippen LogP contribution is 2.26. The fourth-order valence-electron chi connectivity index (χ4n) is 2.24. The summed E-state index contributed by atoms with van der Waals surface area (Å²) in [6, 6.07) is 20.0. The lowest BCUT2D eigenvalue weighted by Crippen LogP contribution is -2.29. The van der Waals surface area contributed by atoms with E-state index in [1.54, 1.807) is 4.90 Å². The number of nitrogens with zero attached hydrogens (tertiary/aromatic N) is 2. The third kappa shape index (κ3) is 3.34. The molecule has 1 aliphatic rings. The Balaban J connectivity index is 1.71. The SMILES string of the molecule is O=C1CSC(=NCCc2ccccc2)N1c1ccccc1. The number of carbonyl (C=O) groups excluding carboxylic acids is 1. The molecule has 1 saturated heterocycles. The summed E-state index contributed by atoms with van der Waals surface area (Å²) in [5.74, 6) is 0.573. The van der Waals surface area contributed by atoms with Gasteiger partial charge >= 0.3 is 0 Å². The van der Waals surface area contributed by atoms with Gasteiger partial charge in [0.05, 0.1) is 11.4 Å². The van der Waals surface area contributed by atoms with Gasteiger partial charge in [-0.3, -0.25) is 14.7 Å². The number of hydrogen-bond acceptors (Lipinski definition) is 3. The summed E-state index contributed by atoms with van der Waals surface area (Å²) in [7, 11) is 0. The van der Waals surface area contributed by atoms with Crippen LogP contribution in [0.3, 0.4) is 0 Å². The Labute approximate surface area is 128 Å². The van der Waals surface area contributed by atoms with E-state index >= 15 is 0 Å². The van der Waals surface area contributed by atoms with Gasteiger partial charge in [0.25, 0.3) is 0 Å². The molecule has 3 nitrogen and oxygen atoms in total. The molecule has 106 valence electrons. The van der Waals surface area contributed by atoms with Crippen molar-refractivity contribution in [2.75, 3.05) is 17.2 Å². The summed E-state index contributed by atoms with van der Waals surface area (Å²) in [6.45, 7) is 0.697. The quantitative estimate of drug-likeness (QED) is 0.866. The standard InChI is InChI=1S/C17H16N2OS/c20-16-13-21-17(19(16)15-9-5-2-6-10-15)18-12-11-14-7-3-1-4-8-14/h1-10H,11-13H2. The number of benzene rings is 2. The van der Waals surface area contributed by atoms with E-state index in [0.717, 1.165) is 17.3 Å². The number of para-hydroxylation sites is 1. The minimum Gasteiger partial charge on any atom is -0.273 e. The number of hydrogen-bond donors (Lipinski definition) is 0. The van der Waals surface area contributed by atoms with E-state index in [1.807, 2.05) is 48.5 Å². The number of amidine groups is 1.